The van der Waals surface area contributed by atoms with E-state index in [1.165, 1.54) is 13.0 Å². The van der Waals surface area contributed by atoms with Crippen molar-refractivity contribution in [2.45, 2.75) is 44.2 Å². The summed E-state index contributed by atoms with van der Waals surface area (Å²) in [4.78, 5) is 24.3. The molecule has 2 aromatic carbocycles. The van der Waals surface area contributed by atoms with E-state index in [4.69, 9.17) is 23.7 Å². The second kappa shape index (κ2) is 12.3. The number of esters is 2. The Kier molecular flexibility index (Phi) is 9.14. The average molecular weight is 456 g/mol. The molecule has 1 aliphatic heterocycles. The molecule has 0 aliphatic carbocycles. The van der Waals surface area contributed by atoms with Gasteiger partial charge in [-0.2, -0.15) is 0 Å². The van der Waals surface area contributed by atoms with Crippen LogP contribution in [0.5, 0.6) is 0 Å². The monoisotopic (exact) mass is 456 g/mol. The van der Waals surface area contributed by atoms with Crippen molar-refractivity contribution < 1.29 is 38.4 Å². The molecule has 1 saturated heterocycles. The number of benzene rings is 2. The van der Waals surface area contributed by atoms with Gasteiger partial charge in [0.05, 0.1) is 18.8 Å². The van der Waals surface area contributed by atoms with Crippen LogP contribution >= 0.6 is 0 Å². The molecule has 1 N–H and O–H groups in total. The van der Waals surface area contributed by atoms with Crippen molar-refractivity contribution >= 4 is 11.9 Å². The van der Waals surface area contributed by atoms with Crippen molar-refractivity contribution in [1.29, 1.82) is 0 Å². The highest BCUT2D eigenvalue weighted by molar-refractivity contribution is 5.89. The zero-order valence-electron chi connectivity index (χ0n) is 18.4. The van der Waals surface area contributed by atoms with Crippen LogP contribution in [-0.2, 0) is 35.1 Å². The third kappa shape index (κ3) is 6.97. The lowest BCUT2D eigenvalue weighted by atomic mass is 9.98. The van der Waals surface area contributed by atoms with Gasteiger partial charge in [0.25, 0.3) is 0 Å². The molecule has 1 fully saturated rings. The van der Waals surface area contributed by atoms with Crippen LogP contribution in [0.1, 0.15) is 22.8 Å². The Hall–Kier alpha value is -3.04. The van der Waals surface area contributed by atoms with E-state index in [2.05, 4.69) is 6.58 Å². The molecular weight excluding hydrogens is 428 g/mol. The van der Waals surface area contributed by atoms with Crippen molar-refractivity contribution in [2.75, 3.05) is 13.2 Å². The maximum Gasteiger partial charge on any atom is 0.338 e. The molecule has 0 saturated carbocycles. The SMILES string of the molecule is C=CCO[C@H]1[C@@H](OC(=O)c2ccccc2)[C@H](OCc2ccccc2)[C@@H](COC(C)=O)O[C@@H]1O. The van der Waals surface area contributed by atoms with Gasteiger partial charge in [0.1, 0.15) is 24.9 Å². The van der Waals surface area contributed by atoms with Crippen LogP contribution in [-0.4, -0.2) is 61.0 Å². The van der Waals surface area contributed by atoms with Gasteiger partial charge in [-0.1, -0.05) is 54.6 Å². The minimum absolute atomic E-state index is 0.0878. The van der Waals surface area contributed by atoms with Gasteiger partial charge >= 0.3 is 11.9 Å². The van der Waals surface area contributed by atoms with E-state index in [1.54, 1.807) is 30.3 Å². The largest absolute Gasteiger partial charge is 0.463 e. The quantitative estimate of drug-likeness (QED) is 0.430. The zero-order valence-corrected chi connectivity index (χ0v) is 18.4. The average Bonchev–Trinajstić information content (AvgIpc) is 2.83. The lowest BCUT2D eigenvalue weighted by Gasteiger charge is -2.43. The van der Waals surface area contributed by atoms with Crippen LogP contribution in [0.25, 0.3) is 0 Å². The molecule has 0 bridgehead atoms. The molecule has 0 spiro atoms. The number of carbonyl (C=O) groups is 2. The van der Waals surface area contributed by atoms with Crippen molar-refractivity contribution in [3.05, 3.63) is 84.4 Å². The van der Waals surface area contributed by atoms with E-state index >= 15 is 0 Å². The summed E-state index contributed by atoms with van der Waals surface area (Å²) in [6.07, 6.45) is -3.83. The Morgan fingerprint density at radius 3 is 2.30 bits per heavy atom. The molecular formula is C25H28O8. The molecule has 0 radical (unpaired) electrons. The normalized spacial score (nSPS) is 24.6. The van der Waals surface area contributed by atoms with Gasteiger partial charge in [-0.05, 0) is 17.7 Å². The van der Waals surface area contributed by atoms with Crippen LogP contribution in [0.3, 0.4) is 0 Å². The van der Waals surface area contributed by atoms with Crippen LogP contribution < -0.4 is 0 Å². The van der Waals surface area contributed by atoms with Crippen LogP contribution in [0, 0.1) is 0 Å². The Morgan fingerprint density at radius 2 is 1.67 bits per heavy atom. The van der Waals surface area contributed by atoms with Crippen LogP contribution in [0.2, 0.25) is 0 Å². The van der Waals surface area contributed by atoms with Gasteiger partial charge < -0.3 is 28.8 Å². The van der Waals surface area contributed by atoms with Gasteiger partial charge in [0.15, 0.2) is 12.4 Å². The first kappa shape index (κ1) is 24.6. The van der Waals surface area contributed by atoms with E-state index in [0.717, 1.165) is 5.56 Å². The molecule has 5 atom stereocenters. The van der Waals surface area contributed by atoms with Crippen LogP contribution in [0.4, 0.5) is 0 Å². The molecule has 8 heteroatoms. The molecule has 2 aromatic rings. The van der Waals surface area contributed by atoms with Gasteiger partial charge in [-0.25, -0.2) is 4.79 Å². The number of carbonyl (C=O) groups excluding carboxylic acids is 2. The fourth-order valence-electron chi connectivity index (χ4n) is 3.45. The summed E-state index contributed by atoms with van der Waals surface area (Å²) in [6.45, 7) is 4.95. The molecule has 0 aromatic heterocycles. The minimum Gasteiger partial charge on any atom is -0.463 e. The number of aliphatic hydroxyl groups excluding tert-OH is 1. The number of hydrogen-bond acceptors (Lipinski definition) is 8. The van der Waals surface area contributed by atoms with Crippen molar-refractivity contribution in [1.82, 2.24) is 0 Å². The highest BCUT2D eigenvalue weighted by Crippen LogP contribution is 2.29. The smallest absolute Gasteiger partial charge is 0.338 e. The summed E-state index contributed by atoms with van der Waals surface area (Å²) in [5.74, 6) is -1.13. The molecule has 3 rings (SSSR count). The molecule has 1 heterocycles. The van der Waals surface area contributed by atoms with Gasteiger partial charge in [0, 0.05) is 6.92 Å². The number of ether oxygens (including phenoxy) is 5. The zero-order chi connectivity index (χ0) is 23.6. The van der Waals surface area contributed by atoms with E-state index in [-0.39, 0.29) is 19.8 Å². The maximum absolute atomic E-state index is 12.9. The third-order valence-corrected chi connectivity index (χ3v) is 5.00. The predicted molar refractivity (Wildman–Crippen MR) is 118 cm³/mol. The summed E-state index contributed by atoms with van der Waals surface area (Å²) in [7, 11) is 0. The van der Waals surface area contributed by atoms with Crippen molar-refractivity contribution in [3.8, 4) is 0 Å². The second-order valence-electron chi connectivity index (χ2n) is 7.45. The summed E-state index contributed by atoms with van der Waals surface area (Å²) >= 11 is 0. The Bertz CT molecular complexity index is 901. The number of aliphatic hydroxyl groups is 1. The van der Waals surface area contributed by atoms with E-state index in [0.29, 0.717) is 5.56 Å². The summed E-state index contributed by atoms with van der Waals surface area (Å²) < 4.78 is 28.4. The summed E-state index contributed by atoms with van der Waals surface area (Å²) in [5, 5.41) is 10.6. The first-order valence-corrected chi connectivity index (χ1v) is 10.6. The Morgan fingerprint density at radius 1 is 1.00 bits per heavy atom. The second-order valence-corrected chi connectivity index (χ2v) is 7.45. The molecule has 0 amide bonds. The van der Waals surface area contributed by atoms with Crippen molar-refractivity contribution in [2.24, 2.45) is 0 Å². The first-order valence-electron chi connectivity index (χ1n) is 10.6. The fourth-order valence-corrected chi connectivity index (χ4v) is 3.45. The predicted octanol–water partition coefficient (Wildman–Crippen LogP) is 2.65. The number of hydrogen-bond donors (Lipinski definition) is 1. The molecule has 33 heavy (non-hydrogen) atoms. The Labute approximate surface area is 192 Å². The highest BCUT2D eigenvalue weighted by atomic mass is 16.7. The maximum atomic E-state index is 12.9. The lowest BCUT2D eigenvalue weighted by molar-refractivity contribution is -0.302. The fraction of sp³-hybridized carbons (Fsp3) is 0.360. The van der Waals surface area contributed by atoms with E-state index in [1.807, 2.05) is 30.3 Å². The van der Waals surface area contributed by atoms with Crippen molar-refractivity contribution in [3.63, 3.8) is 0 Å². The minimum atomic E-state index is -1.45. The third-order valence-electron chi connectivity index (χ3n) is 5.00. The lowest BCUT2D eigenvalue weighted by Crippen LogP contribution is -2.61. The Balaban J connectivity index is 1.88. The first-order chi connectivity index (χ1) is 16.0. The molecule has 176 valence electrons. The number of rotatable bonds is 10. The molecule has 1 aliphatic rings. The van der Waals surface area contributed by atoms with Crippen LogP contribution in [0.15, 0.2) is 73.3 Å². The van der Waals surface area contributed by atoms with E-state index in [9.17, 15) is 14.7 Å². The van der Waals surface area contributed by atoms with Gasteiger partial charge in [-0.15, -0.1) is 6.58 Å². The summed E-state index contributed by atoms with van der Waals surface area (Å²) in [5.41, 5.74) is 1.21. The van der Waals surface area contributed by atoms with Gasteiger partial charge in [-0.3, -0.25) is 4.79 Å². The topological polar surface area (TPSA) is 101 Å². The van der Waals surface area contributed by atoms with E-state index < -0.39 is 42.6 Å². The summed E-state index contributed by atoms with van der Waals surface area (Å²) in [6, 6.07) is 17.9. The highest BCUT2D eigenvalue weighted by Gasteiger charge is 2.49. The standard InChI is InChI=1S/C25H28O8/c1-3-14-29-23-22(33-24(27)19-12-8-5-9-13-19)21(31-15-18-10-6-4-7-11-18)20(32-25(23)28)16-30-17(2)26/h3-13,20-23,25,28H,1,14-16H2,2H3/t20-,21-,22+,23+,25+/m1/s1. The molecule has 0 unspecified atom stereocenters. The molecule has 8 nitrogen and oxygen atoms in total. The van der Waals surface area contributed by atoms with Gasteiger partial charge in [0.2, 0.25) is 0 Å².